The molecule has 1 saturated carbocycles. The fourth-order valence-electron chi connectivity index (χ4n) is 3.91. The third-order valence-electron chi connectivity index (χ3n) is 5.58. The first-order valence-electron chi connectivity index (χ1n) is 10.2. The maximum absolute atomic E-state index is 15.4. The lowest BCUT2D eigenvalue weighted by Gasteiger charge is -2.11. The highest BCUT2D eigenvalue weighted by atomic mass is 35.5. The minimum Gasteiger partial charge on any atom is -0.478 e. The van der Waals surface area contributed by atoms with Crippen LogP contribution in [0.15, 0.2) is 52.5 Å². The summed E-state index contributed by atoms with van der Waals surface area (Å²) in [6, 6.07) is 7.49. The number of carbonyl (C=O) groups is 1. The van der Waals surface area contributed by atoms with Crippen molar-refractivity contribution in [3.8, 4) is 5.69 Å². The number of aryl methyl sites for hydroxylation is 1. The van der Waals surface area contributed by atoms with Crippen LogP contribution in [0, 0.1) is 11.6 Å². The van der Waals surface area contributed by atoms with Crippen molar-refractivity contribution in [1.82, 2.24) is 14.3 Å². The molecule has 0 unspecified atom stereocenters. The van der Waals surface area contributed by atoms with Crippen LogP contribution in [0.2, 0.25) is 5.02 Å². The fraction of sp³-hybridized carbons (Fsp3) is 0.250. The first kappa shape index (κ1) is 23.3. The number of nitrogens with zero attached hydrogens (tertiary/aromatic N) is 3. The molecule has 1 fully saturated rings. The van der Waals surface area contributed by atoms with Gasteiger partial charge in [-0.05, 0) is 44.0 Å². The largest absolute Gasteiger partial charge is 0.478 e. The Morgan fingerprint density at radius 1 is 1.24 bits per heavy atom. The molecule has 1 aliphatic rings. The number of hydrogen-bond donors (Lipinski definition) is 1. The average Bonchev–Trinajstić information content (AvgIpc) is 3.40. The third kappa shape index (κ3) is 3.91. The van der Waals surface area contributed by atoms with Crippen LogP contribution in [-0.4, -0.2) is 25.4 Å². The van der Waals surface area contributed by atoms with Gasteiger partial charge in [-0.1, -0.05) is 36.9 Å². The van der Waals surface area contributed by atoms with Crippen LogP contribution in [0.4, 0.5) is 8.78 Å². The van der Waals surface area contributed by atoms with E-state index < -0.39 is 23.2 Å². The van der Waals surface area contributed by atoms with E-state index in [4.69, 9.17) is 11.6 Å². The van der Waals surface area contributed by atoms with Gasteiger partial charge in [0.2, 0.25) is 0 Å². The van der Waals surface area contributed by atoms with E-state index in [1.165, 1.54) is 24.3 Å². The zero-order valence-corrected chi connectivity index (χ0v) is 18.6. The number of benzene rings is 2. The van der Waals surface area contributed by atoms with Crippen molar-refractivity contribution < 1.29 is 18.7 Å². The number of halogens is 3. The van der Waals surface area contributed by atoms with Gasteiger partial charge in [0.15, 0.2) is 11.6 Å². The molecule has 2 aromatic carbocycles. The predicted molar refractivity (Wildman–Crippen MR) is 126 cm³/mol. The molecule has 0 bridgehead atoms. The summed E-state index contributed by atoms with van der Waals surface area (Å²) >= 11 is 7.25. The molecule has 0 saturated heterocycles. The summed E-state index contributed by atoms with van der Waals surface area (Å²) in [6.45, 7) is 2.62. The van der Waals surface area contributed by atoms with Crippen LogP contribution < -0.4 is 0 Å². The molecule has 172 valence electrons. The Morgan fingerprint density at radius 2 is 2.00 bits per heavy atom. The molecule has 1 N–H and O–H groups in total. The maximum Gasteiger partial charge on any atom is 0.338 e. The van der Waals surface area contributed by atoms with Gasteiger partial charge in [0.1, 0.15) is 0 Å². The number of aromatic nitrogens is 3. The molecule has 5 rings (SSSR count). The van der Waals surface area contributed by atoms with Gasteiger partial charge in [-0.2, -0.15) is 5.10 Å². The van der Waals surface area contributed by atoms with Gasteiger partial charge < -0.3 is 9.67 Å². The van der Waals surface area contributed by atoms with E-state index in [2.05, 4.69) is 5.10 Å². The molecular weight excluding hydrogens is 468 g/mol. The van der Waals surface area contributed by atoms with E-state index in [1.807, 2.05) is 17.7 Å². The molecule has 33 heavy (non-hydrogen) atoms. The Labute approximate surface area is 199 Å². The summed E-state index contributed by atoms with van der Waals surface area (Å²) in [5.74, 6) is -2.51. The first-order chi connectivity index (χ1) is 15.4. The lowest BCUT2D eigenvalue weighted by molar-refractivity contribution is 0.0691. The minimum absolute atomic E-state index is 0. The summed E-state index contributed by atoms with van der Waals surface area (Å²) in [5, 5.41) is 14.2. The second-order valence-corrected chi connectivity index (χ2v) is 9.12. The van der Waals surface area contributed by atoms with Crippen molar-refractivity contribution >= 4 is 40.2 Å². The Balaban J connectivity index is 0.00000259. The number of rotatable bonds is 6. The van der Waals surface area contributed by atoms with E-state index in [0.29, 0.717) is 28.0 Å². The first-order valence-corrected chi connectivity index (χ1v) is 11.3. The number of aromatic carboxylic acids is 1. The van der Waals surface area contributed by atoms with Crippen molar-refractivity contribution in [1.29, 1.82) is 0 Å². The number of carboxylic acid groups (broad SMARTS) is 1. The molecule has 0 spiro atoms. The van der Waals surface area contributed by atoms with E-state index in [-0.39, 0.29) is 23.3 Å². The topological polar surface area (TPSA) is 60.0 Å². The normalized spacial score (nSPS) is 13.3. The van der Waals surface area contributed by atoms with Gasteiger partial charge in [0.25, 0.3) is 0 Å². The highest BCUT2D eigenvalue weighted by molar-refractivity contribution is 7.99. The molecule has 1 aliphatic carbocycles. The van der Waals surface area contributed by atoms with Crippen LogP contribution in [0.25, 0.3) is 16.6 Å². The molecule has 0 amide bonds. The molecule has 2 aromatic heterocycles. The zero-order chi connectivity index (χ0) is 22.6. The lowest BCUT2D eigenvalue weighted by atomic mass is 10.2. The van der Waals surface area contributed by atoms with E-state index in [9.17, 15) is 14.3 Å². The monoisotopic (exact) mass is 489 g/mol. The Hall–Kier alpha value is -2.84. The maximum atomic E-state index is 15.4. The molecule has 0 atom stereocenters. The average molecular weight is 490 g/mol. The quantitative estimate of drug-likeness (QED) is 0.312. The fourth-order valence-corrected chi connectivity index (χ4v) is 5.26. The van der Waals surface area contributed by atoms with Crippen molar-refractivity contribution in [2.24, 2.45) is 0 Å². The summed E-state index contributed by atoms with van der Waals surface area (Å²) < 4.78 is 33.9. The molecule has 5 nitrogen and oxygen atoms in total. The van der Waals surface area contributed by atoms with Crippen LogP contribution in [0.3, 0.4) is 0 Å². The van der Waals surface area contributed by atoms with Crippen LogP contribution >= 0.6 is 23.4 Å². The highest BCUT2D eigenvalue weighted by Gasteiger charge is 2.34. The smallest absolute Gasteiger partial charge is 0.338 e. The summed E-state index contributed by atoms with van der Waals surface area (Å²) in [6.07, 6.45) is 5.37. The van der Waals surface area contributed by atoms with Gasteiger partial charge in [-0.3, -0.25) is 4.68 Å². The molecule has 0 aliphatic heterocycles. The van der Waals surface area contributed by atoms with E-state index >= 15 is 4.39 Å². The summed E-state index contributed by atoms with van der Waals surface area (Å²) in [5.41, 5.74) is 1.48. The standard InChI is InChI=1S/C23H18ClF2N3O2S.CH4/c1-2-28-11-13(10-27-28)29-20(12-6-7-12)22(15-8-9-16(24)19(26)21(15)29)32-17-5-3-4-14(18(17)25)23(30)31;/h3-5,8-12H,2,6-7H2,1H3,(H,30,31);1H4. The number of fused-ring (bicyclic) bond motifs is 1. The Bertz CT molecular complexity index is 1380. The molecule has 0 radical (unpaired) electrons. The van der Waals surface area contributed by atoms with Gasteiger partial charge >= 0.3 is 5.97 Å². The molecule has 9 heteroatoms. The van der Waals surface area contributed by atoms with E-state index in [1.54, 1.807) is 16.9 Å². The SMILES string of the molecule is C.CCn1cc(-n2c(C3CC3)c(Sc3cccc(C(=O)O)c3F)c3ccc(Cl)c(F)c32)cn1. The van der Waals surface area contributed by atoms with Crippen molar-refractivity contribution in [3.63, 3.8) is 0 Å². The Morgan fingerprint density at radius 3 is 2.64 bits per heavy atom. The minimum atomic E-state index is -1.33. The molecular formula is C24H22ClF2N3O2S. The zero-order valence-electron chi connectivity index (χ0n) is 17.0. The van der Waals surface area contributed by atoms with Crippen molar-refractivity contribution in [3.05, 3.63) is 70.6 Å². The van der Waals surface area contributed by atoms with Gasteiger partial charge in [0.05, 0.1) is 28.0 Å². The predicted octanol–water partition coefficient (Wildman–Crippen LogP) is 7.14. The van der Waals surface area contributed by atoms with Crippen LogP contribution in [-0.2, 0) is 6.54 Å². The van der Waals surface area contributed by atoms with Crippen molar-refractivity contribution in [2.45, 2.75) is 49.4 Å². The van der Waals surface area contributed by atoms with Crippen LogP contribution in [0.1, 0.15) is 49.2 Å². The highest BCUT2D eigenvalue weighted by Crippen LogP contribution is 2.51. The summed E-state index contributed by atoms with van der Waals surface area (Å²) in [4.78, 5) is 12.3. The van der Waals surface area contributed by atoms with Crippen molar-refractivity contribution in [2.75, 3.05) is 0 Å². The second kappa shape index (κ2) is 8.83. The second-order valence-electron chi connectivity index (χ2n) is 7.66. The third-order valence-corrected chi connectivity index (χ3v) is 7.04. The van der Waals surface area contributed by atoms with Gasteiger partial charge in [0, 0.05) is 39.5 Å². The number of hydrogen-bond acceptors (Lipinski definition) is 3. The summed E-state index contributed by atoms with van der Waals surface area (Å²) in [7, 11) is 0. The van der Waals surface area contributed by atoms with Gasteiger partial charge in [-0.25, -0.2) is 13.6 Å². The molecule has 4 aromatic rings. The van der Waals surface area contributed by atoms with Gasteiger partial charge in [-0.15, -0.1) is 0 Å². The Kier molecular flexibility index (Phi) is 6.24. The van der Waals surface area contributed by atoms with E-state index in [0.717, 1.165) is 30.3 Å². The van der Waals surface area contributed by atoms with Crippen LogP contribution in [0.5, 0.6) is 0 Å². The number of carboxylic acids is 1. The lowest BCUT2D eigenvalue weighted by Crippen LogP contribution is -2.02. The molecule has 2 heterocycles.